The van der Waals surface area contributed by atoms with Crippen molar-refractivity contribution in [3.8, 4) is 5.75 Å². The third-order valence-electron chi connectivity index (χ3n) is 3.12. The van der Waals surface area contributed by atoms with Gasteiger partial charge < -0.3 is 10.1 Å². The Bertz CT molecular complexity index is 783. The van der Waals surface area contributed by atoms with Crippen molar-refractivity contribution in [1.29, 1.82) is 0 Å². The summed E-state index contributed by atoms with van der Waals surface area (Å²) in [5.41, 5.74) is 1.82. The lowest BCUT2D eigenvalue weighted by molar-refractivity contribution is -0.120. The fourth-order valence-corrected chi connectivity index (χ4v) is 3.06. The van der Waals surface area contributed by atoms with Crippen molar-refractivity contribution in [2.24, 2.45) is 0 Å². The molecule has 1 amide bonds. The van der Waals surface area contributed by atoms with Crippen molar-refractivity contribution in [3.05, 3.63) is 45.9 Å². The minimum Gasteiger partial charge on any atom is -0.486 e. The maximum Gasteiger partial charge on any atom is 0.226 e. The lowest BCUT2D eigenvalue weighted by Crippen LogP contribution is -2.30. The van der Waals surface area contributed by atoms with Crippen LogP contribution in [0.3, 0.4) is 0 Å². The zero-order valence-corrected chi connectivity index (χ0v) is 15.2. The molecule has 1 heterocycles. The van der Waals surface area contributed by atoms with Gasteiger partial charge in [-0.1, -0.05) is 17.7 Å². The maximum absolute atomic E-state index is 11.7. The molecular formula is C16H20N2O4S2. The van der Waals surface area contributed by atoms with E-state index in [1.165, 1.54) is 16.9 Å². The van der Waals surface area contributed by atoms with E-state index >= 15 is 0 Å². The zero-order chi connectivity index (χ0) is 17.6. The molecule has 0 bridgehead atoms. The van der Waals surface area contributed by atoms with Crippen molar-refractivity contribution in [2.75, 3.05) is 18.6 Å². The van der Waals surface area contributed by atoms with Gasteiger partial charge in [0.2, 0.25) is 5.91 Å². The predicted molar refractivity (Wildman–Crippen MR) is 94.0 cm³/mol. The molecule has 0 atom stereocenters. The van der Waals surface area contributed by atoms with Gasteiger partial charge in [-0.2, -0.15) is 0 Å². The number of thiazole rings is 1. The van der Waals surface area contributed by atoms with Crippen LogP contribution >= 0.6 is 11.3 Å². The Morgan fingerprint density at radius 3 is 2.67 bits per heavy atom. The lowest BCUT2D eigenvalue weighted by atomic mass is 10.2. The molecule has 1 aromatic carbocycles. The van der Waals surface area contributed by atoms with Gasteiger partial charge in [0, 0.05) is 18.2 Å². The zero-order valence-electron chi connectivity index (χ0n) is 13.6. The Kier molecular flexibility index (Phi) is 6.33. The summed E-state index contributed by atoms with van der Waals surface area (Å²) >= 11 is 1.43. The third kappa shape index (κ3) is 6.67. The van der Waals surface area contributed by atoms with E-state index in [1.54, 1.807) is 0 Å². The van der Waals surface area contributed by atoms with Crippen LogP contribution < -0.4 is 10.1 Å². The highest BCUT2D eigenvalue weighted by molar-refractivity contribution is 7.90. The summed E-state index contributed by atoms with van der Waals surface area (Å²) in [5, 5.41) is 5.17. The first-order valence-corrected chi connectivity index (χ1v) is 10.3. The van der Waals surface area contributed by atoms with Gasteiger partial charge in [0.15, 0.2) is 0 Å². The Morgan fingerprint density at radius 2 is 2.00 bits per heavy atom. The number of nitrogens with one attached hydrogen (secondary N) is 1. The molecule has 0 spiro atoms. The lowest BCUT2D eigenvalue weighted by Gasteiger charge is -2.04. The van der Waals surface area contributed by atoms with Crippen LogP contribution in [0.2, 0.25) is 0 Å². The molecule has 0 unspecified atom stereocenters. The minimum absolute atomic E-state index is 0.0640. The molecule has 0 aliphatic carbocycles. The van der Waals surface area contributed by atoms with Crippen molar-refractivity contribution < 1.29 is 17.9 Å². The molecule has 130 valence electrons. The van der Waals surface area contributed by atoms with E-state index in [9.17, 15) is 13.2 Å². The molecule has 0 radical (unpaired) electrons. The highest BCUT2D eigenvalue weighted by Crippen LogP contribution is 2.16. The molecule has 24 heavy (non-hydrogen) atoms. The molecule has 8 heteroatoms. The van der Waals surface area contributed by atoms with Gasteiger partial charge in [0.05, 0.1) is 17.9 Å². The molecule has 0 saturated heterocycles. The van der Waals surface area contributed by atoms with Gasteiger partial charge in [0.1, 0.15) is 27.2 Å². The van der Waals surface area contributed by atoms with E-state index in [2.05, 4.69) is 10.3 Å². The fraction of sp³-hybridized carbons (Fsp3) is 0.375. The SMILES string of the molecule is Cc1ccc(OCc2nc(CC(=O)NCCS(C)(=O)=O)cs2)cc1. The van der Waals surface area contributed by atoms with Crippen LogP contribution in [-0.2, 0) is 27.7 Å². The number of aromatic nitrogens is 1. The summed E-state index contributed by atoms with van der Waals surface area (Å²) in [5.74, 6) is 0.469. The molecule has 0 aliphatic rings. The summed E-state index contributed by atoms with van der Waals surface area (Å²) in [6.45, 7) is 2.48. The molecule has 0 aliphatic heterocycles. The number of nitrogens with zero attached hydrogens (tertiary/aromatic N) is 1. The number of carbonyl (C=O) groups excluding carboxylic acids is 1. The minimum atomic E-state index is -3.07. The summed E-state index contributed by atoms with van der Waals surface area (Å²) < 4.78 is 27.7. The molecule has 2 rings (SSSR count). The van der Waals surface area contributed by atoms with Crippen molar-refractivity contribution in [2.45, 2.75) is 20.0 Å². The smallest absolute Gasteiger partial charge is 0.226 e. The van der Waals surface area contributed by atoms with Crippen LogP contribution in [0.4, 0.5) is 0 Å². The van der Waals surface area contributed by atoms with Gasteiger partial charge in [-0.25, -0.2) is 13.4 Å². The average Bonchev–Trinajstić information content (AvgIpc) is 2.93. The summed E-state index contributed by atoms with van der Waals surface area (Å²) in [6, 6.07) is 7.76. The molecule has 1 aromatic heterocycles. The number of hydrogen-bond acceptors (Lipinski definition) is 6. The van der Waals surface area contributed by atoms with Crippen LogP contribution in [0.5, 0.6) is 5.75 Å². The molecule has 1 N–H and O–H groups in total. The number of carbonyl (C=O) groups is 1. The van der Waals surface area contributed by atoms with Crippen molar-refractivity contribution >= 4 is 27.1 Å². The van der Waals surface area contributed by atoms with Gasteiger partial charge in [0.25, 0.3) is 0 Å². The first-order valence-electron chi connectivity index (χ1n) is 7.39. The second kappa shape index (κ2) is 8.25. The van der Waals surface area contributed by atoms with E-state index in [4.69, 9.17) is 4.74 Å². The number of benzene rings is 1. The van der Waals surface area contributed by atoms with Gasteiger partial charge in [-0.15, -0.1) is 11.3 Å². The Morgan fingerprint density at radius 1 is 1.29 bits per heavy atom. The van der Waals surface area contributed by atoms with Crippen molar-refractivity contribution in [1.82, 2.24) is 10.3 Å². The van der Waals surface area contributed by atoms with E-state index in [0.717, 1.165) is 17.0 Å². The molecule has 6 nitrogen and oxygen atoms in total. The standard InChI is InChI=1S/C16H20N2O4S2/c1-12-3-5-14(6-4-12)22-10-16-18-13(11-23-16)9-15(19)17-7-8-24(2,20)21/h3-6,11H,7-10H2,1-2H3,(H,17,19). The third-order valence-corrected chi connectivity index (χ3v) is 4.94. The normalized spacial score (nSPS) is 11.2. The van der Waals surface area contributed by atoms with Crippen LogP contribution in [-0.4, -0.2) is 37.9 Å². The van der Waals surface area contributed by atoms with Crippen LogP contribution in [0, 0.1) is 6.92 Å². The van der Waals surface area contributed by atoms with Gasteiger partial charge >= 0.3 is 0 Å². The van der Waals surface area contributed by atoms with Gasteiger partial charge in [-0.3, -0.25) is 4.79 Å². The van der Waals surface area contributed by atoms with E-state index in [-0.39, 0.29) is 24.6 Å². The number of rotatable bonds is 8. The first-order chi connectivity index (χ1) is 11.3. The number of ether oxygens (including phenoxy) is 1. The number of hydrogen-bond donors (Lipinski definition) is 1. The summed E-state index contributed by atoms with van der Waals surface area (Å²) in [4.78, 5) is 16.1. The monoisotopic (exact) mass is 368 g/mol. The molecule has 0 fully saturated rings. The predicted octanol–water partition coefficient (Wildman–Crippen LogP) is 1.73. The molecular weight excluding hydrogens is 348 g/mol. The second-order valence-electron chi connectivity index (χ2n) is 5.49. The van der Waals surface area contributed by atoms with Gasteiger partial charge in [-0.05, 0) is 19.1 Å². The average molecular weight is 368 g/mol. The van der Waals surface area contributed by atoms with Crippen LogP contribution in [0.15, 0.2) is 29.6 Å². The molecule has 2 aromatic rings. The quantitative estimate of drug-likeness (QED) is 0.767. The Hall–Kier alpha value is -1.93. The maximum atomic E-state index is 11.7. The Balaban J connectivity index is 1.78. The number of aryl methyl sites for hydroxylation is 1. The summed E-state index contributed by atoms with van der Waals surface area (Å²) in [7, 11) is -3.07. The number of sulfone groups is 1. The second-order valence-corrected chi connectivity index (χ2v) is 8.69. The first kappa shape index (κ1) is 18.4. The van der Waals surface area contributed by atoms with E-state index in [1.807, 2.05) is 36.6 Å². The molecule has 0 saturated carbocycles. The fourth-order valence-electron chi connectivity index (χ4n) is 1.88. The van der Waals surface area contributed by atoms with Crippen molar-refractivity contribution in [3.63, 3.8) is 0 Å². The van der Waals surface area contributed by atoms with Crippen LogP contribution in [0.1, 0.15) is 16.3 Å². The summed E-state index contributed by atoms with van der Waals surface area (Å²) in [6.07, 6.45) is 1.27. The van der Waals surface area contributed by atoms with E-state index < -0.39 is 9.84 Å². The van der Waals surface area contributed by atoms with Crippen LogP contribution in [0.25, 0.3) is 0 Å². The highest BCUT2D eigenvalue weighted by atomic mass is 32.2. The number of amides is 1. The van der Waals surface area contributed by atoms with E-state index in [0.29, 0.717) is 12.3 Å². The largest absolute Gasteiger partial charge is 0.486 e. The highest BCUT2D eigenvalue weighted by Gasteiger charge is 2.09. The Labute approximate surface area is 145 Å². The topological polar surface area (TPSA) is 85.4 Å².